The lowest BCUT2D eigenvalue weighted by Crippen LogP contribution is -2.33. The van der Waals surface area contributed by atoms with Gasteiger partial charge >= 0.3 is 0 Å². The maximum atomic E-state index is 4.45. The second-order valence-electron chi connectivity index (χ2n) is 3.77. The normalized spacial score (nSPS) is 16.7. The third kappa shape index (κ3) is 1.79. The number of aliphatic imine (C=N–C) groups is 1. The van der Waals surface area contributed by atoms with Crippen LogP contribution in [0.4, 0.5) is 5.69 Å². The molecule has 0 aromatic heterocycles. The van der Waals surface area contributed by atoms with Crippen molar-refractivity contribution in [2.24, 2.45) is 4.99 Å². The highest BCUT2D eigenvalue weighted by Gasteiger charge is 2.12. The zero-order valence-corrected chi connectivity index (χ0v) is 8.83. The Morgan fingerprint density at radius 2 is 1.86 bits per heavy atom. The predicted octanol–water partition coefficient (Wildman–Crippen LogP) is 2.62. The summed E-state index contributed by atoms with van der Waals surface area (Å²) in [5, 5.41) is 0. The summed E-state index contributed by atoms with van der Waals surface area (Å²) in [5.74, 6) is 1.14. The summed E-state index contributed by atoms with van der Waals surface area (Å²) in [6.45, 7) is 6.27. The van der Waals surface area contributed by atoms with Gasteiger partial charge in [-0.05, 0) is 32.4 Å². The molecule has 0 amide bonds. The molecule has 0 bridgehead atoms. The highest BCUT2D eigenvalue weighted by molar-refractivity contribution is 5.96. The molecule has 0 aliphatic carbocycles. The van der Waals surface area contributed by atoms with Crippen LogP contribution >= 0.6 is 0 Å². The van der Waals surface area contributed by atoms with Crippen molar-refractivity contribution in [3.63, 3.8) is 0 Å². The second kappa shape index (κ2) is 3.82. The molecule has 0 N–H and O–H groups in total. The average Bonchev–Trinajstić information content (AvgIpc) is 2.20. The number of aryl methyl sites for hydroxylation is 1. The minimum atomic E-state index is 0.980. The van der Waals surface area contributed by atoms with Crippen molar-refractivity contribution in [3.05, 3.63) is 29.8 Å². The lowest BCUT2D eigenvalue weighted by atomic mass is 10.2. The fourth-order valence-electron chi connectivity index (χ4n) is 1.76. The quantitative estimate of drug-likeness (QED) is 0.661. The highest BCUT2D eigenvalue weighted by atomic mass is 15.2. The minimum Gasteiger partial charge on any atom is -0.330 e. The average molecular weight is 188 g/mol. The molecule has 14 heavy (non-hydrogen) atoms. The zero-order valence-electron chi connectivity index (χ0n) is 8.83. The Morgan fingerprint density at radius 1 is 1.14 bits per heavy atom. The Kier molecular flexibility index (Phi) is 2.53. The van der Waals surface area contributed by atoms with E-state index in [4.69, 9.17) is 0 Å². The molecule has 1 heterocycles. The molecule has 0 saturated carbocycles. The molecule has 2 nitrogen and oxygen atoms in total. The van der Waals surface area contributed by atoms with Crippen molar-refractivity contribution in [2.45, 2.75) is 20.3 Å². The second-order valence-corrected chi connectivity index (χ2v) is 3.77. The Hall–Kier alpha value is -1.31. The van der Waals surface area contributed by atoms with E-state index in [1.54, 1.807) is 0 Å². The van der Waals surface area contributed by atoms with E-state index in [9.17, 15) is 0 Å². The van der Waals surface area contributed by atoms with E-state index in [-0.39, 0.29) is 0 Å². The maximum Gasteiger partial charge on any atom is 0.100 e. The number of amidine groups is 1. The number of rotatable bonds is 1. The first kappa shape index (κ1) is 9.25. The van der Waals surface area contributed by atoms with Gasteiger partial charge in [0.1, 0.15) is 5.84 Å². The van der Waals surface area contributed by atoms with Crippen LogP contribution in [0.1, 0.15) is 18.9 Å². The summed E-state index contributed by atoms with van der Waals surface area (Å²) >= 11 is 0. The molecule has 0 saturated heterocycles. The lowest BCUT2D eigenvalue weighted by molar-refractivity contribution is 0.787. The Balaban J connectivity index is 2.26. The molecular weight excluding hydrogens is 172 g/mol. The topological polar surface area (TPSA) is 15.6 Å². The highest BCUT2D eigenvalue weighted by Crippen LogP contribution is 2.18. The lowest BCUT2D eigenvalue weighted by Gasteiger charge is -2.27. The van der Waals surface area contributed by atoms with Crippen LogP contribution in [0.3, 0.4) is 0 Å². The minimum absolute atomic E-state index is 0.980. The van der Waals surface area contributed by atoms with E-state index in [0.717, 1.165) is 25.3 Å². The molecule has 2 rings (SSSR count). The van der Waals surface area contributed by atoms with Crippen molar-refractivity contribution < 1.29 is 0 Å². The van der Waals surface area contributed by atoms with E-state index in [0.29, 0.717) is 0 Å². The van der Waals surface area contributed by atoms with Gasteiger partial charge in [0.05, 0.1) is 0 Å². The van der Waals surface area contributed by atoms with E-state index in [2.05, 4.69) is 48.0 Å². The number of benzene rings is 1. The van der Waals surface area contributed by atoms with E-state index >= 15 is 0 Å². The Morgan fingerprint density at radius 3 is 2.50 bits per heavy atom. The van der Waals surface area contributed by atoms with Gasteiger partial charge in [-0.3, -0.25) is 4.99 Å². The predicted molar refractivity (Wildman–Crippen MR) is 61.1 cm³/mol. The van der Waals surface area contributed by atoms with Gasteiger partial charge in [-0.1, -0.05) is 17.7 Å². The van der Waals surface area contributed by atoms with Crippen molar-refractivity contribution in [2.75, 3.05) is 18.0 Å². The van der Waals surface area contributed by atoms with Gasteiger partial charge < -0.3 is 4.90 Å². The summed E-state index contributed by atoms with van der Waals surface area (Å²) < 4.78 is 0. The SMILES string of the molecule is CC1=NCCCN1c1ccc(C)cc1. The van der Waals surface area contributed by atoms with E-state index in [1.165, 1.54) is 11.3 Å². The molecule has 1 aliphatic heterocycles. The van der Waals surface area contributed by atoms with Gasteiger partial charge in [0.15, 0.2) is 0 Å². The molecule has 1 aromatic rings. The van der Waals surface area contributed by atoms with Crippen LogP contribution < -0.4 is 4.90 Å². The number of hydrogen-bond acceptors (Lipinski definition) is 2. The van der Waals surface area contributed by atoms with E-state index in [1.807, 2.05) is 0 Å². The monoisotopic (exact) mass is 188 g/mol. The summed E-state index contributed by atoms with van der Waals surface area (Å²) in [4.78, 5) is 6.73. The molecule has 0 unspecified atom stereocenters. The van der Waals surface area contributed by atoms with Gasteiger partial charge in [-0.25, -0.2) is 0 Å². The molecule has 74 valence electrons. The molecule has 0 atom stereocenters. The van der Waals surface area contributed by atoms with Crippen LogP contribution in [-0.2, 0) is 0 Å². The van der Waals surface area contributed by atoms with Gasteiger partial charge in [-0.2, -0.15) is 0 Å². The summed E-state index contributed by atoms with van der Waals surface area (Å²) in [5.41, 5.74) is 2.57. The van der Waals surface area contributed by atoms with Gasteiger partial charge in [0.2, 0.25) is 0 Å². The number of nitrogens with zero attached hydrogens (tertiary/aromatic N) is 2. The van der Waals surface area contributed by atoms with Crippen molar-refractivity contribution in [1.82, 2.24) is 0 Å². The first-order valence-corrected chi connectivity index (χ1v) is 5.12. The van der Waals surface area contributed by atoms with E-state index < -0.39 is 0 Å². The van der Waals surface area contributed by atoms with Crippen molar-refractivity contribution >= 4 is 11.5 Å². The fourth-order valence-corrected chi connectivity index (χ4v) is 1.76. The molecule has 1 aliphatic rings. The van der Waals surface area contributed by atoms with Gasteiger partial charge in [0.25, 0.3) is 0 Å². The zero-order chi connectivity index (χ0) is 9.97. The van der Waals surface area contributed by atoms with Gasteiger partial charge in [-0.15, -0.1) is 0 Å². The first-order valence-electron chi connectivity index (χ1n) is 5.12. The standard InChI is InChI=1S/C12H16N2/c1-10-4-6-12(7-5-10)14-9-3-8-13-11(14)2/h4-7H,3,8-9H2,1-2H3. The summed E-state index contributed by atoms with van der Waals surface area (Å²) in [6, 6.07) is 8.63. The molecule has 2 heteroatoms. The number of anilines is 1. The Bertz CT molecular complexity index is 338. The maximum absolute atomic E-state index is 4.45. The smallest absolute Gasteiger partial charge is 0.100 e. The van der Waals surface area contributed by atoms with Crippen LogP contribution in [0, 0.1) is 6.92 Å². The van der Waals surface area contributed by atoms with Crippen molar-refractivity contribution in [3.8, 4) is 0 Å². The summed E-state index contributed by atoms with van der Waals surface area (Å²) in [7, 11) is 0. The third-order valence-electron chi connectivity index (χ3n) is 2.62. The van der Waals surface area contributed by atoms with Crippen LogP contribution in [0.25, 0.3) is 0 Å². The Labute approximate surface area is 85.3 Å². The largest absolute Gasteiger partial charge is 0.330 e. The van der Waals surface area contributed by atoms with Gasteiger partial charge in [0, 0.05) is 18.8 Å². The number of hydrogen-bond donors (Lipinski definition) is 0. The first-order chi connectivity index (χ1) is 6.77. The van der Waals surface area contributed by atoms with Crippen LogP contribution in [0.2, 0.25) is 0 Å². The van der Waals surface area contributed by atoms with Crippen LogP contribution in [0.15, 0.2) is 29.3 Å². The molecule has 1 aromatic carbocycles. The molecule has 0 fully saturated rings. The van der Waals surface area contributed by atoms with Crippen molar-refractivity contribution in [1.29, 1.82) is 0 Å². The third-order valence-corrected chi connectivity index (χ3v) is 2.62. The summed E-state index contributed by atoms with van der Waals surface area (Å²) in [6.07, 6.45) is 1.16. The molecule has 0 spiro atoms. The van der Waals surface area contributed by atoms with Crippen LogP contribution in [0.5, 0.6) is 0 Å². The molecular formula is C12H16N2. The fraction of sp³-hybridized carbons (Fsp3) is 0.417. The molecule has 0 radical (unpaired) electrons. The van der Waals surface area contributed by atoms with Crippen LogP contribution in [-0.4, -0.2) is 18.9 Å².